The first-order valence-electron chi connectivity index (χ1n) is 7.47. The minimum atomic E-state index is -1.36. The number of hydrogen-bond donors (Lipinski definition) is 1. The van der Waals surface area contributed by atoms with Crippen LogP contribution in [-0.2, 0) is 14.3 Å². The van der Waals surface area contributed by atoms with Crippen LogP contribution in [-0.4, -0.2) is 35.2 Å². The Kier molecular flexibility index (Phi) is 4.35. The van der Waals surface area contributed by atoms with Crippen molar-refractivity contribution in [2.24, 2.45) is 10.8 Å². The highest BCUT2D eigenvalue weighted by atomic mass is 16.5. The van der Waals surface area contributed by atoms with Crippen molar-refractivity contribution in [1.29, 1.82) is 0 Å². The summed E-state index contributed by atoms with van der Waals surface area (Å²) < 4.78 is 4.97. The third kappa shape index (κ3) is 2.77. The van der Waals surface area contributed by atoms with Crippen LogP contribution in [0.15, 0.2) is 53.7 Å². The molecular weight excluding hydrogens is 308 g/mol. The number of hydrogen-bond acceptors (Lipinski definition) is 6. The summed E-state index contributed by atoms with van der Waals surface area (Å²) in [4.78, 5) is 33.4. The first kappa shape index (κ1) is 15.8. The van der Waals surface area contributed by atoms with E-state index >= 15 is 0 Å². The average Bonchev–Trinajstić information content (AvgIpc) is 2.72. The van der Waals surface area contributed by atoms with E-state index in [1.165, 1.54) is 0 Å². The lowest BCUT2D eigenvalue weighted by Gasteiger charge is -2.18. The first-order valence-corrected chi connectivity index (χ1v) is 7.47. The highest BCUT2D eigenvalue weighted by Gasteiger charge is 2.36. The number of carbonyl (C=O) groups is 2. The fourth-order valence-electron chi connectivity index (χ4n) is 2.47. The maximum Gasteiger partial charge on any atom is 0.340 e. The van der Waals surface area contributed by atoms with Gasteiger partial charge in [-0.25, -0.2) is 15.6 Å². The van der Waals surface area contributed by atoms with Crippen LogP contribution in [0.3, 0.4) is 0 Å². The van der Waals surface area contributed by atoms with E-state index < -0.39 is 17.9 Å². The number of anilines is 1. The van der Waals surface area contributed by atoms with E-state index in [9.17, 15) is 9.59 Å². The van der Waals surface area contributed by atoms with Crippen LogP contribution in [0.4, 0.5) is 5.69 Å². The zero-order valence-electron chi connectivity index (χ0n) is 13.0. The molecule has 0 saturated carbocycles. The lowest BCUT2D eigenvalue weighted by molar-refractivity contribution is -0.147. The molecule has 7 heteroatoms. The standard InChI is InChI=1S/C17H16N4O3/c1-2-24-17(23)15-16(22)21(18)13-9-4-3-7-11(13)14(20-15)12-8-5-6-10-19-12/h3-10,15H,2,18H2,1H3. The molecule has 3 rings (SSSR count). The molecule has 0 fully saturated rings. The SMILES string of the molecule is CCOC(=O)C1N=C(c2ccccn2)c2ccccc2N(N)C1=O. The topological polar surface area (TPSA) is 97.9 Å². The van der Waals surface area contributed by atoms with Gasteiger partial charge in [0, 0.05) is 11.8 Å². The molecule has 2 N–H and O–H groups in total. The molecular formula is C17H16N4O3. The van der Waals surface area contributed by atoms with Gasteiger partial charge in [-0.3, -0.25) is 14.8 Å². The molecule has 0 spiro atoms. The number of fused-ring (bicyclic) bond motifs is 1. The van der Waals surface area contributed by atoms with Crippen LogP contribution in [0.1, 0.15) is 18.2 Å². The van der Waals surface area contributed by atoms with Gasteiger partial charge < -0.3 is 4.74 Å². The van der Waals surface area contributed by atoms with Crippen LogP contribution >= 0.6 is 0 Å². The summed E-state index contributed by atoms with van der Waals surface area (Å²) in [5.41, 5.74) is 2.05. The van der Waals surface area contributed by atoms with Gasteiger partial charge in [0.05, 0.1) is 23.7 Å². The third-order valence-corrected chi connectivity index (χ3v) is 3.57. The molecule has 1 aromatic carbocycles. The number of amides is 1. The van der Waals surface area contributed by atoms with Crippen LogP contribution in [0.25, 0.3) is 0 Å². The van der Waals surface area contributed by atoms with Crippen molar-refractivity contribution in [2.75, 3.05) is 11.6 Å². The number of aliphatic imine (C=N–C) groups is 1. The van der Waals surface area contributed by atoms with E-state index in [1.54, 1.807) is 55.6 Å². The maximum atomic E-state index is 12.6. The molecule has 2 heterocycles. The minimum absolute atomic E-state index is 0.147. The molecule has 24 heavy (non-hydrogen) atoms. The Balaban J connectivity index is 2.20. The predicted octanol–water partition coefficient (Wildman–Crippen LogP) is 1.07. The normalized spacial score (nSPS) is 16.9. The second kappa shape index (κ2) is 6.59. The molecule has 1 unspecified atom stereocenters. The fraction of sp³-hybridized carbons (Fsp3) is 0.176. The molecule has 0 aliphatic carbocycles. The summed E-state index contributed by atoms with van der Waals surface area (Å²) in [5, 5.41) is 0.941. The Morgan fingerprint density at radius 1 is 1.25 bits per heavy atom. The van der Waals surface area contributed by atoms with E-state index in [4.69, 9.17) is 10.6 Å². The Labute approximate surface area is 138 Å². The van der Waals surface area contributed by atoms with Crippen molar-refractivity contribution in [3.63, 3.8) is 0 Å². The number of benzene rings is 1. The summed E-state index contributed by atoms with van der Waals surface area (Å²) in [6.45, 7) is 1.81. The second-order valence-electron chi connectivity index (χ2n) is 5.07. The van der Waals surface area contributed by atoms with Gasteiger partial charge in [0.15, 0.2) is 0 Å². The zero-order chi connectivity index (χ0) is 17.1. The zero-order valence-corrected chi connectivity index (χ0v) is 13.0. The molecule has 7 nitrogen and oxygen atoms in total. The van der Waals surface area contributed by atoms with Crippen molar-refractivity contribution in [3.8, 4) is 0 Å². The molecule has 1 amide bonds. The van der Waals surface area contributed by atoms with Gasteiger partial charge in [-0.2, -0.15) is 0 Å². The monoisotopic (exact) mass is 324 g/mol. The number of rotatable bonds is 3. The molecule has 0 bridgehead atoms. The maximum absolute atomic E-state index is 12.6. The fourth-order valence-corrected chi connectivity index (χ4v) is 2.47. The van der Waals surface area contributed by atoms with Crippen molar-refractivity contribution < 1.29 is 14.3 Å². The highest BCUT2D eigenvalue weighted by molar-refractivity contribution is 6.22. The minimum Gasteiger partial charge on any atom is -0.464 e. The molecule has 1 aromatic heterocycles. The smallest absolute Gasteiger partial charge is 0.340 e. The molecule has 1 aliphatic heterocycles. The van der Waals surface area contributed by atoms with E-state index in [2.05, 4.69) is 9.98 Å². The van der Waals surface area contributed by atoms with Gasteiger partial charge in [0.1, 0.15) is 0 Å². The summed E-state index contributed by atoms with van der Waals surface area (Å²) in [6.07, 6.45) is 1.62. The van der Waals surface area contributed by atoms with Crippen LogP contribution in [0.5, 0.6) is 0 Å². The number of nitrogens with zero attached hydrogens (tertiary/aromatic N) is 3. The Hall–Kier alpha value is -3.06. The number of para-hydroxylation sites is 1. The Morgan fingerprint density at radius 3 is 2.71 bits per heavy atom. The van der Waals surface area contributed by atoms with Gasteiger partial charge in [0.25, 0.3) is 5.91 Å². The van der Waals surface area contributed by atoms with Crippen LogP contribution in [0, 0.1) is 0 Å². The number of nitrogens with two attached hydrogens (primary N) is 1. The average molecular weight is 324 g/mol. The second-order valence-corrected chi connectivity index (χ2v) is 5.07. The largest absolute Gasteiger partial charge is 0.464 e. The van der Waals surface area contributed by atoms with E-state index in [0.717, 1.165) is 5.01 Å². The Bertz CT molecular complexity index is 804. The quantitative estimate of drug-likeness (QED) is 0.394. The molecule has 0 radical (unpaired) electrons. The van der Waals surface area contributed by atoms with Gasteiger partial charge in [0.2, 0.25) is 6.04 Å². The highest BCUT2D eigenvalue weighted by Crippen LogP contribution is 2.26. The van der Waals surface area contributed by atoms with Crippen LogP contribution < -0.4 is 10.9 Å². The first-order chi connectivity index (χ1) is 11.6. The molecule has 1 aliphatic rings. The summed E-state index contributed by atoms with van der Waals surface area (Å²) >= 11 is 0. The lowest BCUT2D eigenvalue weighted by Crippen LogP contribution is -2.46. The van der Waals surface area contributed by atoms with Crippen molar-refractivity contribution in [2.45, 2.75) is 13.0 Å². The summed E-state index contributed by atoms with van der Waals surface area (Å²) in [7, 11) is 0. The molecule has 0 saturated heterocycles. The van der Waals surface area contributed by atoms with Crippen molar-refractivity contribution in [3.05, 3.63) is 59.9 Å². The van der Waals surface area contributed by atoms with E-state index in [0.29, 0.717) is 22.7 Å². The predicted molar refractivity (Wildman–Crippen MR) is 88.4 cm³/mol. The van der Waals surface area contributed by atoms with Gasteiger partial charge >= 0.3 is 5.97 Å². The van der Waals surface area contributed by atoms with Gasteiger partial charge in [-0.1, -0.05) is 24.3 Å². The third-order valence-electron chi connectivity index (χ3n) is 3.57. The van der Waals surface area contributed by atoms with Crippen LogP contribution in [0.2, 0.25) is 0 Å². The van der Waals surface area contributed by atoms with Gasteiger partial charge in [-0.05, 0) is 25.1 Å². The van der Waals surface area contributed by atoms with E-state index in [-0.39, 0.29) is 6.61 Å². The summed E-state index contributed by atoms with van der Waals surface area (Å²) in [6, 6.07) is 11.0. The molecule has 2 aromatic rings. The number of ether oxygens (including phenoxy) is 1. The number of hydrazine groups is 1. The van der Waals surface area contributed by atoms with Crippen molar-refractivity contribution >= 4 is 23.3 Å². The molecule has 1 atom stereocenters. The van der Waals surface area contributed by atoms with E-state index in [1.807, 2.05) is 0 Å². The number of pyridine rings is 1. The molecule has 122 valence electrons. The number of carbonyl (C=O) groups excluding carboxylic acids is 2. The summed E-state index contributed by atoms with van der Waals surface area (Å²) in [5.74, 6) is 4.55. The van der Waals surface area contributed by atoms with Gasteiger partial charge in [-0.15, -0.1) is 0 Å². The number of esters is 1. The Morgan fingerprint density at radius 2 is 2.00 bits per heavy atom. The number of aromatic nitrogens is 1. The van der Waals surface area contributed by atoms with Crippen molar-refractivity contribution in [1.82, 2.24) is 4.98 Å². The lowest BCUT2D eigenvalue weighted by atomic mass is 10.0. The number of benzodiazepines with no additional fused rings is 1.